The molecule has 0 radical (unpaired) electrons. The molecule has 1 aromatic carbocycles. The van der Waals surface area contributed by atoms with Gasteiger partial charge in [-0.15, -0.1) is 0 Å². The number of imidazole rings is 1. The van der Waals surface area contributed by atoms with Gasteiger partial charge in [-0.2, -0.15) is 13.2 Å². The van der Waals surface area contributed by atoms with Gasteiger partial charge in [-0.05, 0) is 18.6 Å². The van der Waals surface area contributed by atoms with Gasteiger partial charge < -0.3 is 14.8 Å². The lowest BCUT2D eigenvalue weighted by atomic mass is 10.2. The van der Waals surface area contributed by atoms with Crippen LogP contribution in [0.3, 0.4) is 0 Å². The lowest BCUT2D eigenvalue weighted by Crippen LogP contribution is -2.17. The van der Waals surface area contributed by atoms with E-state index in [1.54, 1.807) is 6.92 Å². The van der Waals surface area contributed by atoms with Crippen LogP contribution in [0, 0.1) is 0 Å². The Bertz CT molecular complexity index is 1080. The fourth-order valence-corrected chi connectivity index (χ4v) is 3.12. The summed E-state index contributed by atoms with van der Waals surface area (Å²) in [5.74, 6) is -0.0701. The number of rotatable bonds is 5. The van der Waals surface area contributed by atoms with E-state index < -0.39 is 17.6 Å². The highest BCUT2D eigenvalue weighted by molar-refractivity contribution is 6.32. The van der Waals surface area contributed by atoms with E-state index in [2.05, 4.69) is 10.3 Å². The molecule has 6 nitrogen and oxygen atoms in total. The minimum Gasteiger partial charge on any atom is -0.495 e. The van der Waals surface area contributed by atoms with Crippen LogP contribution in [0.4, 0.5) is 18.9 Å². The summed E-state index contributed by atoms with van der Waals surface area (Å²) >= 11 is 6.06. The van der Waals surface area contributed by atoms with E-state index in [0.29, 0.717) is 17.9 Å². The molecule has 29 heavy (non-hydrogen) atoms. The number of amides is 1. The molecule has 0 saturated heterocycles. The van der Waals surface area contributed by atoms with Gasteiger partial charge >= 0.3 is 6.18 Å². The van der Waals surface area contributed by atoms with Crippen LogP contribution in [0.15, 0.2) is 30.5 Å². The van der Waals surface area contributed by atoms with Crippen molar-refractivity contribution in [3.63, 3.8) is 0 Å². The summed E-state index contributed by atoms with van der Waals surface area (Å²) in [5.41, 5.74) is -0.0282. The Labute approximate surface area is 169 Å². The Kier molecular flexibility index (Phi) is 5.61. The van der Waals surface area contributed by atoms with E-state index in [1.807, 2.05) is 0 Å². The molecule has 0 spiro atoms. The van der Waals surface area contributed by atoms with E-state index in [-0.39, 0.29) is 27.8 Å². The smallest absolute Gasteiger partial charge is 0.417 e. The number of pyridine rings is 1. The van der Waals surface area contributed by atoms with Crippen molar-refractivity contribution < 1.29 is 27.4 Å². The monoisotopic (exact) mass is 427 g/mol. The number of alkyl halides is 3. The summed E-state index contributed by atoms with van der Waals surface area (Å²) in [6.07, 6.45) is -3.34. The molecular formula is C19H17ClF3N3O3. The Balaban J connectivity index is 2.09. The molecule has 0 unspecified atom stereocenters. The van der Waals surface area contributed by atoms with Crippen molar-refractivity contribution in [1.82, 2.24) is 9.38 Å². The first-order chi connectivity index (χ1) is 13.7. The van der Waals surface area contributed by atoms with E-state index in [1.165, 1.54) is 32.4 Å². The average molecular weight is 428 g/mol. The number of nitrogens with zero attached hydrogens (tertiary/aromatic N) is 2. The van der Waals surface area contributed by atoms with Crippen molar-refractivity contribution in [2.24, 2.45) is 0 Å². The molecule has 3 aromatic rings. The lowest BCUT2D eigenvalue weighted by Gasteiger charge is -2.14. The highest BCUT2D eigenvalue weighted by Gasteiger charge is 2.32. The molecule has 0 aliphatic heterocycles. The molecule has 0 bridgehead atoms. The number of fused-ring (bicyclic) bond motifs is 1. The van der Waals surface area contributed by atoms with Crippen LogP contribution in [-0.2, 0) is 12.6 Å². The molecule has 0 aliphatic rings. The quantitative estimate of drug-likeness (QED) is 0.633. The zero-order valence-electron chi connectivity index (χ0n) is 15.7. The van der Waals surface area contributed by atoms with Crippen LogP contribution < -0.4 is 14.8 Å². The van der Waals surface area contributed by atoms with E-state index >= 15 is 0 Å². The van der Waals surface area contributed by atoms with Crippen LogP contribution in [0.2, 0.25) is 5.02 Å². The van der Waals surface area contributed by atoms with E-state index in [9.17, 15) is 18.0 Å². The van der Waals surface area contributed by atoms with Crippen LogP contribution in [-0.4, -0.2) is 29.5 Å². The predicted octanol–water partition coefficient (Wildman–Crippen LogP) is 4.84. The minimum atomic E-state index is -4.55. The van der Waals surface area contributed by atoms with Gasteiger partial charge in [0.15, 0.2) is 0 Å². The summed E-state index contributed by atoms with van der Waals surface area (Å²) in [4.78, 5) is 17.3. The second-order valence-corrected chi connectivity index (χ2v) is 6.45. The number of anilines is 1. The summed E-state index contributed by atoms with van der Waals surface area (Å²) in [5, 5.41) is 2.93. The molecule has 3 rings (SSSR count). The van der Waals surface area contributed by atoms with Crippen LogP contribution in [0.25, 0.3) is 5.65 Å². The zero-order chi connectivity index (χ0) is 21.3. The normalized spacial score (nSPS) is 11.6. The maximum Gasteiger partial charge on any atom is 0.417 e. The molecule has 2 heterocycles. The van der Waals surface area contributed by atoms with Gasteiger partial charge in [-0.1, -0.05) is 18.5 Å². The minimum absolute atomic E-state index is 0.00423. The number of carbonyl (C=O) groups excluding carboxylic acids is 1. The molecule has 154 valence electrons. The maximum atomic E-state index is 13.1. The number of benzene rings is 1. The number of aryl methyl sites for hydroxylation is 1. The topological polar surface area (TPSA) is 64.9 Å². The maximum absolute atomic E-state index is 13.1. The summed E-state index contributed by atoms with van der Waals surface area (Å²) < 4.78 is 50.9. The van der Waals surface area contributed by atoms with Crippen molar-refractivity contribution in [3.8, 4) is 11.5 Å². The van der Waals surface area contributed by atoms with Gasteiger partial charge in [-0.25, -0.2) is 4.98 Å². The number of halogens is 4. The molecule has 2 aromatic heterocycles. The Morgan fingerprint density at radius 2 is 1.90 bits per heavy atom. The van der Waals surface area contributed by atoms with Gasteiger partial charge in [0, 0.05) is 18.3 Å². The summed E-state index contributed by atoms with van der Waals surface area (Å²) in [7, 11) is 2.81. The number of aromatic nitrogens is 2. The van der Waals surface area contributed by atoms with E-state index in [0.717, 1.165) is 16.7 Å². The number of ether oxygens (including phenoxy) is 2. The molecule has 0 fully saturated rings. The van der Waals surface area contributed by atoms with Gasteiger partial charge in [0.05, 0.1) is 36.2 Å². The second kappa shape index (κ2) is 7.82. The van der Waals surface area contributed by atoms with Crippen molar-refractivity contribution in [2.75, 3.05) is 19.5 Å². The largest absolute Gasteiger partial charge is 0.495 e. The van der Waals surface area contributed by atoms with Crippen molar-refractivity contribution >= 4 is 28.8 Å². The number of methoxy groups -OCH3 is 2. The van der Waals surface area contributed by atoms with Gasteiger partial charge in [-0.3, -0.25) is 9.20 Å². The SMILES string of the molecule is CCc1nc2ccc(C(F)(F)F)cn2c1C(=O)Nc1cc(OC)c(Cl)cc1OC. The Morgan fingerprint density at radius 1 is 1.21 bits per heavy atom. The Hall–Kier alpha value is -2.94. The third-order valence-electron chi connectivity index (χ3n) is 4.29. The molecule has 10 heteroatoms. The average Bonchev–Trinajstić information content (AvgIpc) is 3.06. The van der Waals surface area contributed by atoms with E-state index in [4.69, 9.17) is 21.1 Å². The molecular weight excluding hydrogens is 411 g/mol. The van der Waals surface area contributed by atoms with Crippen LogP contribution in [0.1, 0.15) is 28.7 Å². The fraction of sp³-hybridized carbons (Fsp3) is 0.263. The van der Waals surface area contributed by atoms with Crippen molar-refractivity contribution in [1.29, 1.82) is 0 Å². The van der Waals surface area contributed by atoms with Crippen LogP contribution >= 0.6 is 11.6 Å². The van der Waals surface area contributed by atoms with Gasteiger partial charge in [0.25, 0.3) is 5.91 Å². The standard InChI is InChI=1S/C19H17ClF3N3O3/c1-4-12-17(26-9-10(19(21,22)23)5-6-16(26)24-12)18(27)25-13-8-14(28-2)11(20)7-15(13)29-3/h5-9H,4H2,1-3H3,(H,25,27). The molecule has 0 aliphatic carbocycles. The van der Waals surface area contributed by atoms with Crippen molar-refractivity contribution in [2.45, 2.75) is 19.5 Å². The fourth-order valence-electron chi connectivity index (χ4n) is 2.89. The molecule has 1 N–H and O–H groups in total. The highest BCUT2D eigenvalue weighted by Crippen LogP contribution is 2.36. The predicted molar refractivity (Wildman–Crippen MR) is 102 cm³/mol. The number of hydrogen-bond donors (Lipinski definition) is 1. The molecule has 0 saturated carbocycles. The number of hydrogen-bond acceptors (Lipinski definition) is 4. The highest BCUT2D eigenvalue weighted by atomic mass is 35.5. The van der Waals surface area contributed by atoms with Crippen LogP contribution in [0.5, 0.6) is 11.5 Å². The van der Waals surface area contributed by atoms with Gasteiger partial charge in [0.2, 0.25) is 0 Å². The number of nitrogens with one attached hydrogen (secondary N) is 1. The third-order valence-corrected chi connectivity index (χ3v) is 4.59. The zero-order valence-corrected chi connectivity index (χ0v) is 16.5. The second-order valence-electron chi connectivity index (χ2n) is 6.05. The lowest BCUT2D eigenvalue weighted by molar-refractivity contribution is -0.137. The number of carbonyl (C=O) groups is 1. The first-order valence-electron chi connectivity index (χ1n) is 8.50. The third kappa shape index (κ3) is 3.95. The molecule has 1 amide bonds. The summed E-state index contributed by atoms with van der Waals surface area (Å²) in [6.45, 7) is 1.76. The first-order valence-corrected chi connectivity index (χ1v) is 8.88. The first kappa shape index (κ1) is 20.8. The van der Waals surface area contributed by atoms with Crippen molar-refractivity contribution in [3.05, 3.63) is 52.4 Å². The summed E-state index contributed by atoms with van der Waals surface area (Å²) in [6, 6.07) is 5.09. The molecule has 0 atom stereocenters. The Morgan fingerprint density at radius 3 is 2.48 bits per heavy atom. The van der Waals surface area contributed by atoms with Gasteiger partial charge in [0.1, 0.15) is 22.8 Å².